The summed E-state index contributed by atoms with van der Waals surface area (Å²) in [6.45, 7) is 1.81. The van der Waals surface area contributed by atoms with Crippen LogP contribution in [0.15, 0.2) is 59.5 Å². The number of sulfonamides is 1. The van der Waals surface area contributed by atoms with Crippen LogP contribution in [0, 0.1) is 0 Å². The topological polar surface area (TPSA) is 75.3 Å². The SMILES string of the molecule is CC(=O)NCc1ccc(S(=O)(=O)Nc2ccccc2)cc1. The molecule has 110 valence electrons. The Labute approximate surface area is 124 Å². The number of anilines is 1. The van der Waals surface area contributed by atoms with Gasteiger partial charge in [-0.25, -0.2) is 8.42 Å². The van der Waals surface area contributed by atoms with Gasteiger partial charge in [-0.3, -0.25) is 9.52 Å². The van der Waals surface area contributed by atoms with Gasteiger partial charge >= 0.3 is 0 Å². The van der Waals surface area contributed by atoms with E-state index in [1.54, 1.807) is 36.4 Å². The van der Waals surface area contributed by atoms with Crippen molar-refractivity contribution < 1.29 is 13.2 Å². The van der Waals surface area contributed by atoms with Gasteiger partial charge in [-0.2, -0.15) is 0 Å². The third-order valence-corrected chi connectivity index (χ3v) is 4.20. The second-order valence-corrected chi connectivity index (χ2v) is 6.21. The van der Waals surface area contributed by atoms with Crippen LogP contribution in [0.25, 0.3) is 0 Å². The van der Waals surface area contributed by atoms with Gasteiger partial charge in [0.15, 0.2) is 0 Å². The second-order valence-electron chi connectivity index (χ2n) is 4.53. The smallest absolute Gasteiger partial charge is 0.261 e. The quantitative estimate of drug-likeness (QED) is 0.888. The highest BCUT2D eigenvalue weighted by atomic mass is 32.2. The Balaban J connectivity index is 2.12. The summed E-state index contributed by atoms with van der Waals surface area (Å²) in [6, 6.07) is 15.1. The Bertz CT molecular complexity index is 710. The van der Waals surface area contributed by atoms with Gasteiger partial charge in [0.2, 0.25) is 5.91 Å². The maximum absolute atomic E-state index is 12.2. The molecule has 0 bridgehead atoms. The molecule has 2 rings (SSSR count). The molecule has 0 unspecified atom stereocenters. The van der Waals surface area contributed by atoms with Crippen LogP contribution in [0.3, 0.4) is 0 Å². The van der Waals surface area contributed by atoms with Crippen molar-refractivity contribution in [3.05, 3.63) is 60.2 Å². The predicted octanol–water partition coefficient (Wildman–Crippen LogP) is 2.12. The van der Waals surface area contributed by atoms with Gasteiger partial charge in [-0.15, -0.1) is 0 Å². The molecule has 0 aliphatic heterocycles. The highest BCUT2D eigenvalue weighted by molar-refractivity contribution is 7.92. The molecular weight excluding hydrogens is 288 g/mol. The van der Waals surface area contributed by atoms with E-state index in [9.17, 15) is 13.2 Å². The Hall–Kier alpha value is -2.34. The van der Waals surface area contributed by atoms with Gasteiger partial charge in [0.1, 0.15) is 0 Å². The summed E-state index contributed by atoms with van der Waals surface area (Å²) < 4.78 is 26.9. The van der Waals surface area contributed by atoms with E-state index in [0.717, 1.165) is 5.56 Å². The van der Waals surface area contributed by atoms with Gasteiger partial charge in [0.05, 0.1) is 4.90 Å². The van der Waals surface area contributed by atoms with Crippen molar-refractivity contribution in [2.75, 3.05) is 4.72 Å². The minimum absolute atomic E-state index is 0.127. The Morgan fingerprint density at radius 1 is 1.00 bits per heavy atom. The van der Waals surface area contributed by atoms with E-state index in [4.69, 9.17) is 0 Å². The maximum atomic E-state index is 12.2. The molecule has 0 aromatic heterocycles. The highest BCUT2D eigenvalue weighted by Crippen LogP contribution is 2.16. The van der Waals surface area contributed by atoms with Gasteiger partial charge < -0.3 is 5.32 Å². The molecule has 0 radical (unpaired) electrons. The van der Waals surface area contributed by atoms with Crippen LogP contribution < -0.4 is 10.0 Å². The number of carbonyl (C=O) groups is 1. The first kappa shape index (κ1) is 15.1. The van der Waals surface area contributed by atoms with Crippen LogP contribution in [0.5, 0.6) is 0 Å². The Morgan fingerprint density at radius 2 is 1.62 bits per heavy atom. The molecule has 6 heteroatoms. The fourth-order valence-corrected chi connectivity index (χ4v) is 2.79. The molecule has 2 aromatic carbocycles. The number of rotatable bonds is 5. The van der Waals surface area contributed by atoms with Gasteiger partial charge in [-0.1, -0.05) is 30.3 Å². The summed E-state index contributed by atoms with van der Waals surface area (Å²) in [5, 5.41) is 2.66. The lowest BCUT2D eigenvalue weighted by molar-refractivity contribution is -0.119. The van der Waals surface area contributed by atoms with E-state index in [-0.39, 0.29) is 10.8 Å². The molecule has 0 heterocycles. The number of para-hydroxylation sites is 1. The van der Waals surface area contributed by atoms with Crippen LogP contribution in [0.4, 0.5) is 5.69 Å². The zero-order valence-electron chi connectivity index (χ0n) is 11.5. The summed E-state index contributed by atoms with van der Waals surface area (Å²) >= 11 is 0. The van der Waals surface area contributed by atoms with Crippen molar-refractivity contribution in [1.29, 1.82) is 0 Å². The second kappa shape index (κ2) is 6.41. The first-order valence-corrected chi connectivity index (χ1v) is 7.87. The molecule has 21 heavy (non-hydrogen) atoms. The van der Waals surface area contributed by atoms with E-state index in [1.807, 2.05) is 6.07 Å². The Morgan fingerprint density at radius 3 is 2.19 bits per heavy atom. The van der Waals surface area contributed by atoms with Crippen LogP contribution in [-0.4, -0.2) is 14.3 Å². The fourth-order valence-electron chi connectivity index (χ4n) is 1.73. The summed E-state index contributed by atoms with van der Waals surface area (Å²) in [4.78, 5) is 11.0. The monoisotopic (exact) mass is 304 g/mol. The number of amides is 1. The third-order valence-electron chi connectivity index (χ3n) is 2.80. The number of nitrogens with one attached hydrogen (secondary N) is 2. The molecule has 0 fully saturated rings. The third kappa shape index (κ3) is 4.32. The molecule has 0 aliphatic carbocycles. The molecule has 0 spiro atoms. The number of carbonyl (C=O) groups excluding carboxylic acids is 1. The van der Waals surface area contributed by atoms with Gasteiger partial charge in [-0.05, 0) is 29.8 Å². The molecule has 0 atom stereocenters. The molecule has 2 aromatic rings. The molecule has 1 amide bonds. The van der Waals surface area contributed by atoms with Crippen molar-refractivity contribution in [1.82, 2.24) is 5.32 Å². The normalized spacial score (nSPS) is 10.9. The van der Waals surface area contributed by atoms with Crippen LogP contribution in [0.1, 0.15) is 12.5 Å². The van der Waals surface area contributed by atoms with E-state index < -0.39 is 10.0 Å². The summed E-state index contributed by atoms with van der Waals surface area (Å²) in [5.41, 5.74) is 1.35. The molecule has 0 saturated heterocycles. The lowest BCUT2D eigenvalue weighted by Crippen LogP contribution is -2.19. The number of hydrogen-bond acceptors (Lipinski definition) is 3. The van der Waals surface area contributed by atoms with Gasteiger partial charge in [0, 0.05) is 19.2 Å². The zero-order valence-corrected chi connectivity index (χ0v) is 12.4. The van der Waals surface area contributed by atoms with E-state index >= 15 is 0 Å². The van der Waals surface area contributed by atoms with Gasteiger partial charge in [0.25, 0.3) is 10.0 Å². The molecule has 0 saturated carbocycles. The average molecular weight is 304 g/mol. The Kier molecular flexibility index (Phi) is 4.59. The summed E-state index contributed by atoms with van der Waals surface area (Å²) in [6.07, 6.45) is 0. The minimum Gasteiger partial charge on any atom is -0.352 e. The summed E-state index contributed by atoms with van der Waals surface area (Å²) in [7, 11) is -3.60. The molecule has 2 N–H and O–H groups in total. The molecule has 5 nitrogen and oxygen atoms in total. The zero-order chi connectivity index (χ0) is 15.3. The first-order valence-electron chi connectivity index (χ1n) is 6.38. The average Bonchev–Trinajstić information content (AvgIpc) is 2.46. The molecular formula is C15H16N2O3S. The highest BCUT2D eigenvalue weighted by Gasteiger charge is 2.13. The largest absolute Gasteiger partial charge is 0.352 e. The van der Waals surface area contributed by atoms with Crippen LogP contribution in [0.2, 0.25) is 0 Å². The van der Waals surface area contributed by atoms with Crippen molar-refractivity contribution in [3.63, 3.8) is 0 Å². The van der Waals surface area contributed by atoms with Crippen molar-refractivity contribution in [2.24, 2.45) is 0 Å². The molecule has 0 aliphatic rings. The minimum atomic E-state index is -3.60. The van der Waals surface area contributed by atoms with E-state index in [0.29, 0.717) is 12.2 Å². The summed E-state index contributed by atoms with van der Waals surface area (Å²) in [5.74, 6) is -0.127. The predicted molar refractivity (Wildman–Crippen MR) is 81.2 cm³/mol. The lowest BCUT2D eigenvalue weighted by atomic mass is 10.2. The van der Waals surface area contributed by atoms with E-state index in [1.165, 1.54) is 19.1 Å². The standard InChI is InChI=1S/C15H16N2O3S/c1-12(18)16-11-13-7-9-15(10-8-13)21(19,20)17-14-5-3-2-4-6-14/h2-10,17H,11H2,1H3,(H,16,18). The van der Waals surface area contributed by atoms with Crippen molar-refractivity contribution in [2.45, 2.75) is 18.4 Å². The van der Waals surface area contributed by atoms with Crippen LogP contribution >= 0.6 is 0 Å². The fraction of sp³-hybridized carbons (Fsp3) is 0.133. The van der Waals surface area contributed by atoms with Crippen molar-refractivity contribution >= 4 is 21.6 Å². The van der Waals surface area contributed by atoms with Crippen molar-refractivity contribution in [3.8, 4) is 0 Å². The number of benzene rings is 2. The van der Waals surface area contributed by atoms with Crippen LogP contribution in [-0.2, 0) is 21.4 Å². The lowest BCUT2D eigenvalue weighted by Gasteiger charge is -2.09. The maximum Gasteiger partial charge on any atom is 0.261 e. The first-order chi connectivity index (χ1) is 9.97. The van der Waals surface area contributed by atoms with E-state index in [2.05, 4.69) is 10.0 Å². The number of hydrogen-bond donors (Lipinski definition) is 2.